The number of aliphatic hydroxyl groups excluding tert-OH is 14. The highest BCUT2D eigenvalue weighted by molar-refractivity contribution is 6.00. The van der Waals surface area contributed by atoms with Gasteiger partial charge in [0.1, 0.15) is 97.7 Å². The first kappa shape index (κ1) is 52.3. The Morgan fingerprint density at radius 3 is 1.44 bits per heavy atom. The second-order valence-electron chi connectivity index (χ2n) is 16.0. The van der Waals surface area contributed by atoms with Gasteiger partial charge in [-0.3, -0.25) is 39.6 Å². The first-order valence-electron chi connectivity index (χ1n) is 20.2. The molecule has 6 fully saturated rings. The molecule has 6 aliphatic rings. The fourth-order valence-corrected chi connectivity index (χ4v) is 7.71. The SMILES string of the molecule is CC(CN1CC(=O)NC(=O)C1)N1CC(=O)NC(=O)C1.OC[C@H]1O[C@@H](OC[C@H]2O[C@@H](O[C@@H]3[C@@H](O)[C@H](O)O[C@H](CO)[C@H]3O)[C@H](O)[C@@H](O[C@@H]3O[C@H](CO)[C@@H](O)[C@H](O)[C@H]3O)[C@@H]2O)[C@H](O)[C@@H](O)[C@@H]1O. The lowest BCUT2D eigenvalue weighted by molar-refractivity contribution is -0.383. The number of aliphatic hydroxyl groups is 14. The Labute approximate surface area is 362 Å². The van der Waals surface area contributed by atoms with Gasteiger partial charge in [0, 0.05) is 12.6 Å². The Morgan fingerprint density at radius 1 is 0.516 bits per heavy atom. The van der Waals surface area contributed by atoms with Gasteiger partial charge >= 0.3 is 0 Å². The van der Waals surface area contributed by atoms with Crippen LogP contribution in [-0.2, 0) is 52.3 Å². The van der Waals surface area contributed by atoms with Crippen LogP contribution in [-0.4, -0.2) is 293 Å². The fourth-order valence-electron chi connectivity index (χ4n) is 7.71. The monoisotopic (exact) mass is 934 g/mol. The fraction of sp³-hybridized carbons (Fsp3) is 0.886. The van der Waals surface area contributed by atoms with Crippen molar-refractivity contribution < 1.29 is 124 Å². The van der Waals surface area contributed by atoms with E-state index in [1.807, 2.05) is 6.92 Å². The van der Waals surface area contributed by atoms with Crippen LogP contribution in [0.2, 0.25) is 0 Å². The van der Waals surface area contributed by atoms with E-state index in [2.05, 4.69) is 10.6 Å². The van der Waals surface area contributed by atoms with Gasteiger partial charge in [0.2, 0.25) is 23.6 Å². The lowest BCUT2D eigenvalue weighted by atomic mass is 9.96. The number of carbonyl (C=O) groups excluding carboxylic acids is 4. The van der Waals surface area contributed by atoms with Crippen LogP contribution in [0.5, 0.6) is 0 Å². The normalized spacial score (nSPS) is 44.4. The summed E-state index contributed by atoms with van der Waals surface area (Å²) in [6.45, 7) is -0.250. The van der Waals surface area contributed by atoms with Crippen LogP contribution in [0.15, 0.2) is 0 Å². The molecule has 0 aromatic rings. The molecule has 6 heterocycles. The summed E-state index contributed by atoms with van der Waals surface area (Å²) < 4.78 is 37.6. The van der Waals surface area contributed by atoms with E-state index in [0.717, 1.165) is 0 Å². The summed E-state index contributed by atoms with van der Waals surface area (Å²) in [5.74, 6) is -1.29. The molecule has 0 aromatic heterocycles. The molecule has 21 atom stereocenters. The summed E-state index contributed by atoms with van der Waals surface area (Å²) in [5.41, 5.74) is 0. The molecule has 0 spiro atoms. The van der Waals surface area contributed by atoms with E-state index in [0.29, 0.717) is 6.54 Å². The van der Waals surface area contributed by atoms with Gasteiger partial charge in [0.15, 0.2) is 25.2 Å². The average molecular weight is 935 g/mol. The third kappa shape index (κ3) is 12.3. The van der Waals surface area contributed by atoms with E-state index in [1.54, 1.807) is 9.80 Å². The Bertz CT molecular complexity index is 1540. The van der Waals surface area contributed by atoms with Gasteiger partial charge in [0.05, 0.1) is 52.6 Å². The summed E-state index contributed by atoms with van der Waals surface area (Å²) in [6, 6.07) is -0.0892. The molecule has 368 valence electrons. The largest absolute Gasteiger partial charge is 0.394 e. The third-order valence-corrected chi connectivity index (χ3v) is 11.3. The van der Waals surface area contributed by atoms with Crippen LogP contribution >= 0.6 is 0 Å². The summed E-state index contributed by atoms with van der Waals surface area (Å²) in [7, 11) is 0. The lowest BCUT2D eigenvalue weighted by Gasteiger charge is -2.48. The van der Waals surface area contributed by atoms with Crippen molar-refractivity contribution in [3.8, 4) is 0 Å². The smallest absolute Gasteiger partial charge is 0.240 e. The van der Waals surface area contributed by atoms with Crippen molar-refractivity contribution in [2.24, 2.45) is 0 Å². The van der Waals surface area contributed by atoms with Gasteiger partial charge in [-0.05, 0) is 6.92 Å². The van der Waals surface area contributed by atoms with Gasteiger partial charge in [-0.15, -0.1) is 0 Å². The Morgan fingerprint density at radius 2 is 0.922 bits per heavy atom. The van der Waals surface area contributed by atoms with Crippen molar-refractivity contribution in [2.45, 2.75) is 136 Å². The number of nitrogens with one attached hydrogen (secondary N) is 2. The van der Waals surface area contributed by atoms with Gasteiger partial charge in [-0.25, -0.2) is 0 Å². The highest BCUT2D eigenvalue weighted by Crippen LogP contribution is 2.33. The molecule has 0 saturated carbocycles. The number of piperazine rings is 2. The van der Waals surface area contributed by atoms with E-state index < -0.39 is 149 Å². The Hall–Kier alpha value is -2.64. The molecule has 0 bridgehead atoms. The van der Waals surface area contributed by atoms with Gasteiger partial charge in [-0.1, -0.05) is 0 Å². The standard InChI is InChI=1S/C24H42O21.C11H16N4O4/c25-1-5-9(28)13(32)15(34)22(41-5)39-4-8-12(31)20(45-23-16(35)14(33)10(29)6(2-26)42-23)18(37)24(43-8)44-19-11(30)7(3-27)40-21(38)17(19)36;1-7(15-5-10(18)13-11(19)6-15)2-14-3-8(16)12-9(17)4-14/h5-38H,1-4H2;7H,2-6H2,1H3,(H,12,16,17)(H,13,18,19)/t5-,6-,7-,8-,9-,10-,11-,12-,13+,14+,15-,16-,17-,18-,19+,20+,21-,22-,23+,24+;/m1./s1. The zero-order valence-corrected chi connectivity index (χ0v) is 34.1. The van der Waals surface area contributed by atoms with Crippen LogP contribution in [0, 0.1) is 0 Å². The maximum Gasteiger partial charge on any atom is 0.240 e. The second-order valence-corrected chi connectivity index (χ2v) is 16.0. The van der Waals surface area contributed by atoms with Crippen molar-refractivity contribution in [1.29, 1.82) is 0 Å². The van der Waals surface area contributed by atoms with Crippen molar-refractivity contribution in [2.75, 3.05) is 59.2 Å². The number of amides is 4. The topological polar surface area (TPSA) is 447 Å². The van der Waals surface area contributed by atoms with Crippen LogP contribution in [0.4, 0.5) is 0 Å². The van der Waals surface area contributed by atoms with Crippen molar-refractivity contribution in [1.82, 2.24) is 20.4 Å². The predicted molar refractivity (Wildman–Crippen MR) is 198 cm³/mol. The second kappa shape index (κ2) is 22.9. The van der Waals surface area contributed by atoms with E-state index in [-0.39, 0.29) is 55.8 Å². The first-order chi connectivity index (χ1) is 30.2. The summed E-state index contributed by atoms with van der Waals surface area (Å²) in [6.07, 6.45) is -35.9. The third-order valence-electron chi connectivity index (χ3n) is 11.3. The average Bonchev–Trinajstić information content (AvgIpc) is 3.24. The van der Waals surface area contributed by atoms with Crippen LogP contribution in [0.25, 0.3) is 0 Å². The Balaban J connectivity index is 0.000000337. The molecule has 6 rings (SSSR count). The van der Waals surface area contributed by atoms with Gasteiger partial charge in [0.25, 0.3) is 0 Å². The number of imide groups is 2. The van der Waals surface area contributed by atoms with Crippen molar-refractivity contribution in [3.05, 3.63) is 0 Å². The molecule has 6 aliphatic heterocycles. The molecule has 0 aliphatic carbocycles. The molecular weight excluding hydrogens is 876 g/mol. The molecule has 1 unspecified atom stereocenters. The minimum Gasteiger partial charge on any atom is -0.394 e. The summed E-state index contributed by atoms with van der Waals surface area (Å²) >= 11 is 0. The summed E-state index contributed by atoms with van der Waals surface area (Å²) in [4.78, 5) is 48.5. The van der Waals surface area contributed by atoms with Gasteiger partial charge < -0.3 is 105 Å². The maximum atomic E-state index is 11.3. The van der Waals surface area contributed by atoms with E-state index in [9.17, 15) is 90.7 Å². The zero-order valence-electron chi connectivity index (χ0n) is 34.1. The number of ether oxygens (including phenoxy) is 7. The van der Waals surface area contributed by atoms with E-state index in [1.165, 1.54) is 0 Å². The first-order valence-corrected chi connectivity index (χ1v) is 20.2. The van der Waals surface area contributed by atoms with Crippen LogP contribution in [0.3, 0.4) is 0 Å². The highest BCUT2D eigenvalue weighted by Gasteiger charge is 2.54. The predicted octanol–water partition coefficient (Wildman–Crippen LogP) is -12.5. The molecule has 0 radical (unpaired) electrons. The lowest BCUT2D eigenvalue weighted by Crippen LogP contribution is -2.67. The zero-order chi connectivity index (χ0) is 47.3. The van der Waals surface area contributed by atoms with Crippen molar-refractivity contribution >= 4 is 23.6 Å². The minimum absolute atomic E-state index is 0.0892. The maximum absolute atomic E-state index is 11.3. The van der Waals surface area contributed by atoms with Crippen molar-refractivity contribution in [3.63, 3.8) is 0 Å². The molecule has 64 heavy (non-hydrogen) atoms. The van der Waals surface area contributed by atoms with Crippen LogP contribution < -0.4 is 10.6 Å². The molecule has 16 N–H and O–H groups in total. The molecule has 29 heteroatoms. The number of rotatable bonds is 13. The number of carbonyl (C=O) groups is 4. The molecule has 0 aromatic carbocycles. The van der Waals surface area contributed by atoms with Gasteiger partial charge in [-0.2, -0.15) is 0 Å². The molecule has 6 saturated heterocycles. The molecule has 4 amide bonds. The summed E-state index contributed by atoms with van der Waals surface area (Å²) in [5, 5.41) is 147. The quantitative estimate of drug-likeness (QED) is 0.0763. The number of hydrogen-bond acceptors (Lipinski definition) is 27. The Kier molecular flexibility index (Phi) is 18.7. The molecule has 29 nitrogen and oxygen atoms in total. The highest BCUT2D eigenvalue weighted by atomic mass is 16.8. The van der Waals surface area contributed by atoms with Crippen LogP contribution in [0.1, 0.15) is 6.92 Å². The minimum atomic E-state index is -2.07. The number of hydrogen-bond donors (Lipinski definition) is 16. The number of nitrogens with zero attached hydrogens (tertiary/aromatic N) is 2. The van der Waals surface area contributed by atoms with E-state index >= 15 is 0 Å². The molecular formula is C35H58N4O25. The van der Waals surface area contributed by atoms with E-state index in [4.69, 9.17) is 33.2 Å².